The van der Waals surface area contributed by atoms with Gasteiger partial charge in [-0.2, -0.15) is 0 Å². The predicted molar refractivity (Wildman–Crippen MR) is 359 cm³/mol. The molecule has 12 aliphatic carbocycles. The van der Waals surface area contributed by atoms with Crippen molar-refractivity contribution < 1.29 is 95.3 Å². The Labute approximate surface area is 591 Å². The van der Waals surface area contributed by atoms with Gasteiger partial charge in [-0.15, -0.1) is 0 Å². The highest BCUT2D eigenvalue weighted by Gasteiger charge is 2.74. The van der Waals surface area contributed by atoms with Crippen LogP contribution in [0.25, 0.3) is 0 Å². The molecular weight excluding hydrogens is 1280 g/mol. The second-order valence-corrected chi connectivity index (χ2v) is 37.3. The first-order chi connectivity index (χ1) is 47.1. The van der Waals surface area contributed by atoms with Crippen molar-refractivity contribution in [2.24, 2.45) is 150 Å². The van der Waals surface area contributed by atoms with Gasteiger partial charge in [0.2, 0.25) is 0 Å². The van der Waals surface area contributed by atoms with Gasteiger partial charge in [-0.1, -0.05) is 41.5 Å². The minimum atomic E-state index is -0.607. The summed E-state index contributed by atoms with van der Waals surface area (Å²) in [7, 11) is 0. The van der Waals surface area contributed by atoms with Crippen molar-refractivity contribution in [3.05, 3.63) is 0 Å². The van der Waals surface area contributed by atoms with E-state index in [1.165, 1.54) is 19.3 Å². The van der Waals surface area contributed by atoms with E-state index >= 15 is 0 Å². The van der Waals surface area contributed by atoms with Gasteiger partial charge in [0.1, 0.15) is 24.4 Å². The Morgan fingerprint density at radius 3 is 1.41 bits per heavy atom. The lowest BCUT2D eigenvalue weighted by Gasteiger charge is -2.47. The molecule has 0 aromatic rings. The number of hydrogen-bond donors (Lipinski definition) is 0. The summed E-state index contributed by atoms with van der Waals surface area (Å²) >= 11 is 0. The molecule has 26 atom stereocenters. The molecule has 4 aliphatic heterocycles. The van der Waals surface area contributed by atoms with E-state index < -0.39 is 45.0 Å². The monoisotopic (exact) mass is 1400 g/mol. The molecule has 20 nitrogen and oxygen atoms in total. The first-order valence-electron chi connectivity index (χ1n) is 39.0. The zero-order valence-corrected chi connectivity index (χ0v) is 62.3. The summed E-state index contributed by atoms with van der Waals surface area (Å²) in [6.07, 6.45) is 17.8. The van der Waals surface area contributed by atoms with Crippen LogP contribution in [0.2, 0.25) is 0 Å². The maximum absolute atomic E-state index is 12.7. The van der Waals surface area contributed by atoms with Gasteiger partial charge in [0.15, 0.2) is 13.2 Å². The quantitative estimate of drug-likeness (QED) is 0.0789. The van der Waals surface area contributed by atoms with Gasteiger partial charge < -0.3 is 47.4 Å². The Morgan fingerprint density at radius 1 is 0.420 bits per heavy atom. The molecule has 0 amide bonds. The minimum Gasteiger partial charge on any atom is -0.465 e. The van der Waals surface area contributed by atoms with Crippen molar-refractivity contribution in [3.8, 4) is 0 Å². The standard InChI is InChI=1S/C23H32O6.C22H32O4.C18H26O6.C17H26O4/c1-4-22(2,3)20(25)28-11-17(24)29-16-9-12-7-14(16)19-15-8-13(18(12)19)10-23(15)5-6-27-21(23)26;1-5-21(3,4)20(24)26-19-11(2)13-7-14(19)18-15-6-12(17(13)18)8-22(15)9-16(23)25-10-22;1-4-17(2,3)15(20)23-10-14(19)24-13-8-11-7-12(13)18(9-11)5-6-22-16(18)21;1-5-16(3,4)14(18)21-13-10(2)11-8-12(13)17(9-11)6-7-20-15(17)19/h12-16,18-19H,4-11H2,1-3H3;11-15,17-19H,5-10H2,1-4H3;11-13H,4-10H2,1-3H3;10-13H,5-9H2,1-4H3. The highest BCUT2D eigenvalue weighted by molar-refractivity contribution is 5.83. The van der Waals surface area contributed by atoms with Crippen LogP contribution in [-0.2, 0) is 95.3 Å². The fraction of sp³-hybridized carbons (Fsp3) is 0.875. The molecule has 4 spiro atoms. The van der Waals surface area contributed by atoms with E-state index in [-0.39, 0.29) is 107 Å². The molecule has 12 bridgehead atoms. The summed E-state index contributed by atoms with van der Waals surface area (Å²) in [4.78, 5) is 122. The van der Waals surface area contributed by atoms with Crippen LogP contribution in [0, 0.1) is 150 Å². The molecule has 12 saturated carbocycles. The van der Waals surface area contributed by atoms with Crippen LogP contribution in [0.5, 0.6) is 0 Å². The van der Waals surface area contributed by atoms with E-state index in [9.17, 15) is 47.9 Å². The van der Waals surface area contributed by atoms with Crippen molar-refractivity contribution >= 4 is 59.7 Å². The third kappa shape index (κ3) is 12.0. The van der Waals surface area contributed by atoms with Gasteiger partial charge in [0.05, 0.1) is 70.8 Å². The maximum Gasteiger partial charge on any atom is 0.344 e. The fourth-order valence-corrected chi connectivity index (χ4v) is 24.3. The van der Waals surface area contributed by atoms with E-state index in [2.05, 4.69) is 20.8 Å². The number of ether oxygens (including phenoxy) is 10. The molecule has 100 heavy (non-hydrogen) atoms. The van der Waals surface area contributed by atoms with Crippen LogP contribution in [0.4, 0.5) is 0 Å². The van der Waals surface area contributed by atoms with Gasteiger partial charge in [-0.05, 0) is 272 Å². The summed E-state index contributed by atoms with van der Waals surface area (Å²) in [5.41, 5.74) is -3.02. The Bertz CT molecular complexity index is 3260. The van der Waals surface area contributed by atoms with Gasteiger partial charge in [0.25, 0.3) is 0 Å². The number of fused-ring (bicyclic) bond motifs is 26. The number of hydrogen-bond acceptors (Lipinski definition) is 20. The first kappa shape index (κ1) is 73.0. The van der Waals surface area contributed by atoms with Crippen LogP contribution in [0.15, 0.2) is 0 Å². The maximum atomic E-state index is 12.7. The minimum absolute atomic E-state index is 0.00158. The van der Waals surface area contributed by atoms with Crippen LogP contribution >= 0.6 is 0 Å². The molecule has 4 saturated heterocycles. The van der Waals surface area contributed by atoms with Crippen LogP contribution in [0.3, 0.4) is 0 Å². The molecule has 20 heteroatoms. The molecule has 4 heterocycles. The molecule has 0 aromatic heterocycles. The van der Waals surface area contributed by atoms with E-state index in [0.717, 1.165) is 102 Å². The fourth-order valence-electron chi connectivity index (χ4n) is 24.3. The zero-order valence-electron chi connectivity index (χ0n) is 62.3. The average Bonchev–Trinajstić information content (AvgIpc) is 1.52. The molecular formula is C80H116O20. The second kappa shape index (κ2) is 26.4. The zero-order chi connectivity index (χ0) is 71.9. The smallest absolute Gasteiger partial charge is 0.344 e. The molecule has 16 rings (SSSR count). The summed E-state index contributed by atoms with van der Waals surface area (Å²) < 4.78 is 54.9. The predicted octanol–water partition coefficient (Wildman–Crippen LogP) is 12.1. The number of carbonyl (C=O) groups excluding carboxylic acids is 10. The topological polar surface area (TPSA) is 263 Å². The van der Waals surface area contributed by atoms with E-state index in [4.69, 9.17) is 47.4 Å². The van der Waals surface area contributed by atoms with Crippen molar-refractivity contribution in [1.82, 2.24) is 0 Å². The van der Waals surface area contributed by atoms with Crippen molar-refractivity contribution in [1.29, 1.82) is 0 Å². The molecule has 0 radical (unpaired) electrons. The van der Waals surface area contributed by atoms with Crippen molar-refractivity contribution in [2.75, 3.05) is 39.6 Å². The normalized spacial score (nSPS) is 43.1. The van der Waals surface area contributed by atoms with E-state index in [1.54, 1.807) is 13.8 Å². The number of carbonyl (C=O) groups is 10. The van der Waals surface area contributed by atoms with Gasteiger partial charge >= 0.3 is 59.7 Å². The number of esters is 10. The summed E-state index contributed by atoms with van der Waals surface area (Å²) in [6, 6.07) is 0. The lowest BCUT2D eigenvalue weighted by atomic mass is 9.58. The second-order valence-electron chi connectivity index (χ2n) is 37.3. The lowest BCUT2D eigenvalue weighted by Crippen LogP contribution is -2.48. The molecule has 0 aromatic carbocycles. The summed E-state index contributed by atoms with van der Waals surface area (Å²) in [5.74, 6) is 7.06. The summed E-state index contributed by atoms with van der Waals surface area (Å²) in [5, 5.41) is 0. The van der Waals surface area contributed by atoms with Gasteiger partial charge in [0, 0.05) is 17.3 Å². The highest BCUT2D eigenvalue weighted by Crippen LogP contribution is 2.76. The largest absolute Gasteiger partial charge is 0.465 e. The Hall–Kier alpha value is -5.30. The van der Waals surface area contributed by atoms with Gasteiger partial charge in [-0.25, -0.2) is 9.59 Å². The van der Waals surface area contributed by atoms with Crippen molar-refractivity contribution in [2.45, 2.75) is 250 Å². The lowest BCUT2D eigenvalue weighted by molar-refractivity contribution is -0.173. The van der Waals surface area contributed by atoms with E-state index in [1.807, 2.05) is 62.3 Å². The van der Waals surface area contributed by atoms with E-state index in [0.29, 0.717) is 129 Å². The van der Waals surface area contributed by atoms with Crippen LogP contribution in [0.1, 0.15) is 225 Å². The van der Waals surface area contributed by atoms with Crippen molar-refractivity contribution in [3.63, 3.8) is 0 Å². The van der Waals surface area contributed by atoms with Crippen LogP contribution in [-0.4, -0.2) is 124 Å². The Morgan fingerprint density at radius 2 is 0.900 bits per heavy atom. The molecule has 0 N–H and O–H groups in total. The average molecular weight is 1400 g/mol. The van der Waals surface area contributed by atoms with Crippen LogP contribution < -0.4 is 0 Å². The molecule has 556 valence electrons. The Kier molecular flexibility index (Phi) is 19.3. The summed E-state index contributed by atoms with van der Waals surface area (Å²) in [6.45, 7) is 28.9. The SMILES string of the molecule is CCC(C)(C)C(=O)OC1C(C)C2CC1C1(CCOC1=O)C2.CCC(C)(C)C(=O)OC1C(C)C2CC1C1C2C2CC1C1(COC(=O)C1)C2.CCC(C)(C)C(=O)OCC(=O)OC1CC2CC1C1(CCOC1=O)C2.CCC(C)(C)C(=O)OCC(=O)OC1CC2CC1C1C2C2CC1C1(CCOC1=O)C2. The molecule has 16 aliphatic rings. The molecule has 16 fully saturated rings. The number of rotatable bonds is 16. The highest BCUT2D eigenvalue weighted by atomic mass is 16.6. The third-order valence-electron chi connectivity index (χ3n) is 31.1. The first-order valence-corrected chi connectivity index (χ1v) is 39.0. The third-order valence-corrected chi connectivity index (χ3v) is 31.1. The Balaban J connectivity index is 0.000000120. The molecule has 26 unspecified atom stereocenters. The number of cyclic esters (lactones) is 4. The van der Waals surface area contributed by atoms with Gasteiger partial charge in [-0.3, -0.25) is 38.4 Å².